The van der Waals surface area contributed by atoms with Gasteiger partial charge in [0.1, 0.15) is 0 Å². The third-order valence-corrected chi connectivity index (χ3v) is 5.30. The van der Waals surface area contributed by atoms with E-state index >= 15 is 0 Å². The molecule has 1 aromatic heterocycles. The van der Waals surface area contributed by atoms with Crippen LogP contribution in [-0.2, 0) is 0 Å². The van der Waals surface area contributed by atoms with E-state index in [1.807, 2.05) is 29.2 Å². The average molecular weight is 373 g/mol. The van der Waals surface area contributed by atoms with Crippen molar-refractivity contribution in [1.29, 1.82) is 0 Å². The van der Waals surface area contributed by atoms with E-state index in [1.165, 1.54) is 17.3 Å². The fourth-order valence-electron chi connectivity index (χ4n) is 3.88. The number of likely N-dealkylation sites (tertiary alicyclic amines) is 1. The Morgan fingerprint density at radius 2 is 2.00 bits per heavy atom. The molecule has 1 atom stereocenters. The number of nitrogens with zero attached hydrogens (tertiary/aromatic N) is 2. The van der Waals surface area contributed by atoms with E-state index in [9.17, 15) is 9.59 Å². The molecule has 5 heteroatoms. The summed E-state index contributed by atoms with van der Waals surface area (Å²) in [5.74, 6) is 0.404. The molecule has 0 aliphatic carbocycles. The van der Waals surface area contributed by atoms with Gasteiger partial charge < -0.3 is 9.88 Å². The maximum atomic E-state index is 13.1. The number of hydrogen-bond donors (Lipinski definition) is 1. The summed E-state index contributed by atoms with van der Waals surface area (Å²) in [5.41, 5.74) is 4.32. The predicted octanol–water partition coefficient (Wildman–Crippen LogP) is 3.77. The molecule has 0 bridgehead atoms. The van der Waals surface area contributed by atoms with Crippen LogP contribution in [0.4, 0.5) is 0 Å². The topological polar surface area (TPSA) is 66.1 Å². The zero-order valence-electron chi connectivity index (χ0n) is 15.9. The molecular weight excluding hydrogens is 350 g/mol. The van der Waals surface area contributed by atoms with Crippen molar-refractivity contribution in [2.45, 2.75) is 25.7 Å². The lowest BCUT2D eigenvalue weighted by Gasteiger charge is -2.33. The SMILES string of the molecule is Cc1cccc([C@H]2CCCN(C(=O)c3cccc(-c4cncc(=O)[nH]4)c3)C2)c1. The lowest BCUT2D eigenvalue weighted by Crippen LogP contribution is -2.39. The summed E-state index contributed by atoms with van der Waals surface area (Å²) < 4.78 is 0. The van der Waals surface area contributed by atoms with Crippen LogP contribution in [0.3, 0.4) is 0 Å². The number of aromatic nitrogens is 2. The van der Waals surface area contributed by atoms with Crippen LogP contribution < -0.4 is 5.56 Å². The van der Waals surface area contributed by atoms with Crippen LogP contribution in [0.5, 0.6) is 0 Å². The predicted molar refractivity (Wildman–Crippen MR) is 109 cm³/mol. The van der Waals surface area contributed by atoms with Gasteiger partial charge in [0.15, 0.2) is 0 Å². The Morgan fingerprint density at radius 3 is 2.82 bits per heavy atom. The van der Waals surface area contributed by atoms with Crippen LogP contribution in [-0.4, -0.2) is 33.9 Å². The molecule has 0 unspecified atom stereocenters. The smallest absolute Gasteiger partial charge is 0.266 e. The third-order valence-electron chi connectivity index (χ3n) is 5.30. The largest absolute Gasteiger partial charge is 0.338 e. The Morgan fingerprint density at radius 1 is 1.14 bits per heavy atom. The molecule has 0 radical (unpaired) electrons. The van der Waals surface area contributed by atoms with E-state index in [-0.39, 0.29) is 11.5 Å². The number of amides is 1. The molecule has 1 N–H and O–H groups in total. The summed E-state index contributed by atoms with van der Waals surface area (Å²) in [5, 5.41) is 0. The molecule has 2 heterocycles. The van der Waals surface area contributed by atoms with Crippen LogP contribution in [0.15, 0.2) is 65.7 Å². The highest BCUT2D eigenvalue weighted by Gasteiger charge is 2.25. The zero-order valence-corrected chi connectivity index (χ0v) is 15.9. The Kier molecular flexibility index (Phi) is 5.06. The van der Waals surface area contributed by atoms with Crippen molar-refractivity contribution in [3.8, 4) is 11.3 Å². The summed E-state index contributed by atoms with van der Waals surface area (Å²) in [4.78, 5) is 33.3. The molecular formula is C23H23N3O2. The van der Waals surface area contributed by atoms with Crippen LogP contribution in [0.1, 0.15) is 40.2 Å². The molecule has 4 rings (SSSR count). The molecule has 28 heavy (non-hydrogen) atoms. The van der Waals surface area contributed by atoms with Gasteiger partial charge in [-0.25, -0.2) is 0 Å². The van der Waals surface area contributed by atoms with E-state index in [1.54, 1.807) is 6.20 Å². The number of benzene rings is 2. The van der Waals surface area contributed by atoms with Gasteiger partial charge in [0.05, 0.1) is 18.1 Å². The van der Waals surface area contributed by atoms with Gasteiger partial charge in [-0.3, -0.25) is 14.6 Å². The molecule has 5 nitrogen and oxygen atoms in total. The first-order valence-corrected chi connectivity index (χ1v) is 9.61. The highest BCUT2D eigenvalue weighted by atomic mass is 16.2. The monoisotopic (exact) mass is 373 g/mol. The van der Waals surface area contributed by atoms with Crippen LogP contribution >= 0.6 is 0 Å². The fourth-order valence-corrected chi connectivity index (χ4v) is 3.88. The number of aromatic amines is 1. The fraction of sp³-hybridized carbons (Fsp3) is 0.261. The number of hydrogen-bond acceptors (Lipinski definition) is 3. The second kappa shape index (κ2) is 7.80. The number of nitrogens with one attached hydrogen (secondary N) is 1. The first kappa shape index (κ1) is 18.2. The molecule has 2 aromatic carbocycles. The maximum Gasteiger partial charge on any atom is 0.266 e. The van der Waals surface area contributed by atoms with E-state index in [0.29, 0.717) is 17.2 Å². The standard InChI is InChI=1S/C23H23N3O2/c1-16-5-2-6-17(11-16)20-9-4-10-26(15-20)23(28)19-8-3-7-18(12-19)21-13-24-14-22(27)25-21/h2-3,5-8,11-14,20H,4,9-10,15H2,1H3,(H,25,27)/t20-/m0/s1. The second-order valence-electron chi connectivity index (χ2n) is 7.40. The van der Waals surface area contributed by atoms with Gasteiger partial charge in [-0.05, 0) is 37.5 Å². The minimum Gasteiger partial charge on any atom is -0.338 e. The van der Waals surface area contributed by atoms with Gasteiger partial charge >= 0.3 is 0 Å². The van der Waals surface area contributed by atoms with Crippen molar-refractivity contribution < 1.29 is 4.79 Å². The van der Waals surface area contributed by atoms with E-state index in [2.05, 4.69) is 41.2 Å². The molecule has 1 fully saturated rings. The molecule has 3 aromatic rings. The average Bonchev–Trinajstić information content (AvgIpc) is 2.73. The zero-order chi connectivity index (χ0) is 19.5. The number of carbonyl (C=O) groups excluding carboxylic acids is 1. The summed E-state index contributed by atoms with van der Waals surface area (Å²) in [6.45, 7) is 3.61. The van der Waals surface area contributed by atoms with Crippen molar-refractivity contribution >= 4 is 5.91 Å². The minimum atomic E-state index is -0.258. The van der Waals surface area contributed by atoms with Crippen molar-refractivity contribution in [2.75, 3.05) is 13.1 Å². The Labute approximate surface area is 164 Å². The lowest BCUT2D eigenvalue weighted by molar-refractivity contribution is 0.0707. The maximum absolute atomic E-state index is 13.1. The van der Waals surface area contributed by atoms with Gasteiger partial charge in [0.2, 0.25) is 0 Å². The molecule has 0 saturated carbocycles. The van der Waals surface area contributed by atoms with Crippen LogP contribution in [0, 0.1) is 6.92 Å². The summed E-state index contributed by atoms with van der Waals surface area (Å²) in [6.07, 6.45) is 4.93. The number of carbonyl (C=O) groups is 1. The number of piperidine rings is 1. The van der Waals surface area contributed by atoms with Crippen LogP contribution in [0.25, 0.3) is 11.3 Å². The van der Waals surface area contributed by atoms with Crippen molar-refractivity contribution in [2.24, 2.45) is 0 Å². The first-order chi connectivity index (χ1) is 13.6. The van der Waals surface area contributed by atoms with E-state index in [4.69, 9.17) is 0 Å². The highest BCUT2D eigenvalue weighted by Crippen LogP contribution is 2.28. The third kappa shape index (κ3) is 3.88. The molecule has 142 valence electrons. The lowest BCUT2D eigenvalue weighted by atomic mass is 9.89. The molecule has 0 spiro atoms. The second-order valence-corrected chi connectivity index (χ2v) is 7.40. The highest BCUT2D eigenvalue weighted by molar-refractivity contribution is 5.95. The summed E-state index contributed by atoms with van der Waals surface area (Å²) in [6, 6.07) is 15.9. The molecule has 1 aliphatic heterocycles. The number of rotatable bonds is 3. The van der Waals surface area contributed by atoms with E-state index < -0.39 is 0 Å². The number of aryl methyl sites for hydroxylation is 1. The van der Waals surface area contributed by atoms with Gasteiger partial charge in [-0.2, -0.15) is 0 Å². The van der Waals surface area contributed by atoms with Crippen molar-refractivity contribution in [3.05, 3.63) is 88.0 Å². The Balaban J connectivity index is 1.56. The molecule has 1 aliphatic rings. The minimum absolute atomic E-state index is 0.0328. The normalized spacial score (nSPS) is 16.8. The summed E-state index contributed by atoms with van der Waals surface area (Å²) in [7, 11) is 0. The van der Waals surface area contributed by atoms with Crippen molar-refractivity contribution in [3.63, 3.8) is 0 Å². The Hall–Kier alpha value is -3.21. The Bertz CT molecular complexity index is 1060. The van der Waals surface area contributed by atoms with Gasteiger partial charge in [-0.1, -0.05) is 42.0 Å². The quantitative estimate of drug-likeness (QED) is 0.760. The van der Waals surface area contributed by atoms with Crippen LogP contribution in [0.2, 0.25) is 0 Å². The van der Waals surface area contributed by atoms with Gasteiger partial charge in [0.25, 0.3) is 11.5 Å². The molecule has 1 amide bonds. The first-order valence-electron chi connectivity index (χ1n) is 9.61. The van der Waals surface area contributed by atoms with Gasteiger partial charge in [0, 0.05) is 30.1 Å². The van der Waals surface area contributed by atoms with Gasteiger partial charge in [-0.15, -0.1) is 0 Å². The summed E-state index contributed by atoms with van der Waals surface area (Å²) >= 11 is 0. The molecule has 1 saturated heterocycles. The number of H-pyrrole nitrogens is 1. The van der Waals surface area contributed by atoms with E-state index in [0.717, 1.165) is 31.5 Å². The van der Waals surface area contributed by atoms with Crippen molar-refractivity contribution in [1.82, 2.24) is 14.9 Å².